The van der Waals surface area contributed by atoms with E-state index in [1.807, 2.05) is 30.3 Å². The lowest BCUT2D eigenvalue weighted by Gasteiger charge is -2.11. The Morgan fingerprint density at radius 2 is 1.85 bits per heavy atom. The Hall–Kier alpha value is -2.20. The van der Waals surface area contributed by atoms with Crippen LogP contribution >= 0.6 is 0 Å². The molecule has 0 aromatic heterocycles. The monoisotopic (exact) mass is 273 g/mol. The highest BCUT2D eigenvalue weighted by Gasteiger charge is 2.04. The molecule has 0 saturated carbocycles. The number of methoxy groups -OCH3 is 2. The van der Waals surface area contributed by atoms with E-state index in [1.165, 1.54) is 0 Å². The van der Waals surface area contributed by atoms with Gasteiger partial charge in [-0.25, -0.2) is 0 Å². The highest BCUT2D eigenvalue weighted by atomic mass is 16.5. The smallest absolute Gasteiger partial charge is 0.123 e. The summed E-state index contributed by atoms with van der Waals surface area (Å²) in [7, 11) is 3.30. The van der Waals surface area contributed by atoms with Crippen LogP contribution in [0.2, 0.25) is 0 Å². The molecule has 2 N–H and O–H groups in total. The van der Waals surface area contributed by atoms with Gasteiger partial charge in [0.25, 0.3) is 0 Å². The summed E-state index contributed by atoms with van der Waals surface area (Å²) in [6.45, 7) is 1.34. The fourth-order valence-corrected chi connectivity index (χ4v) is 2.03. The number of phenols is 1. The van der Waals surface area contributed by atoms with Gasteiger partial charge in [0.2, 0.25) is 0 Å². The zero-order chi connectivity index (χ0) is 14.4. The van der Waals surface area contributed by atoms with Gasteiger partial charge in [-0.3, -0.25) is 0 Å². The lowest BCUT2D eigenvalue weighted by atomic mass is 10.1. The van der Waals surface area contributed by atoms with Crippen LogP contribution in [0.15, 0.2) is 42.5 Å². The second kappa shape index (κ2) is 6.82. The molecule has 2 aromatic rings. The molecule has 0 unspecified atom stereocenters. The lowest BCUT2D eigenvalue weighted by Crippen LogP contribution is -2.13. The van der Waals surface area contributed by atoms with Crippen LogP contribution < -0.4 is 14.8 Å². The van der Waals surface area contributed by atoms with Crippen molar-refractivity contribution in [3.63, 3.8) is 0 Å². The summed E-state index contributed by atoms with van der Waals surface area (Å²) in [6.07, 6.45) is 0. The molecular formula is C16H19NO3. The van der Waals surface area contributed by atoms with Gasteiger partial charge in [-0.05, 0) is 35.9 Å². The topological polar surface area (TPSA) is 50.7 Å². The molecule has 0 fully saturated rings. The van der Waals surface area contributed by atoms with Crippen LogP contribution in [0.4, 0.5) is 0 Å². The van der Waals surface area contributed by atoms with E-state index in [0.29, 0.717) is 13.1 Å². The predicted molar refractivity (Wildman–Crippen MR) is 78.2 cm³/mol. The minimum atomic E-state index is 0.281. The van der Waals surface area contributed by atoms with Crippen LogP contribution in [0.3, 0.4) is 0 Å². The van der Waals surface area contributed by atoms with Crippen LogP contribution in [0.25, 0.3) is 0 Å². The maximum absolute atomic E-state index is 9.42. The van der Waals surface area contributed by atoms with Crippen molar-refractivity contribution in [1.82, 2.24) is 5.32 Å². The normalized spacial score (nSPS) is 10.3. The second-order valence-corrected chi connectivity index (χ2v) is 4.45. The van der Waals surface area contributed by atoms with E-state index in [1.54, 1.807) is 26.4 Å². The molecule has 4 nitrogen and oxygen atoms in total. The van der Waals surface area contributed by atoms with Gasteiger partial charge in [0.15, 0.2) is 0 Å². The average molecular weight is 273 g/mol. The van der Waals surface area contributed by atoms with Crippen molar-refractivity contribution in [3.05, 3.63) is 53.6 Å². The Morgan fingerprint density at radius 3 is 2.55 bits per heavy atom. The van der Waals surface area contributed by atoms with Gasteiger partial charge < -0.3 is 19.9 Å². The quantitative estimate of drug-likeness (QED) is 0.849. The Balaban J connectivity index is 1.99. The Kier molecular flexibility index (Phi) is 4.85. The van der Waals surface area contributed by atoms with E-state index in [9.17, 15) is 5.11 Å². The third-order valence-electron chi connectivity index (χ3n) is 3.04. The summed E-state index contributed by atoms with van der Waals surface area (Å²) < 4.78 is 10.5. The maximum Gasteiger partial charge on any atom is 0.123 e. The molecule has 0 radical (unpaired) electrons. The number of phenolic OH excluding ortho intramolecular Hbond substituents is 1. The van der Waals surface area contributed by atoms with Crippen molar-refractivity contribution in [2.24, 2.45) is 0 Å². The first-order chi connectivity index (χ1) is 9.72. The lowest BCUT2D eigenvalue weighted by molar-refractivity contribution is 0.397. The number of rotatable bonds is 6. The first kappa shape index (κ1) is 14.2. The Morgan fingerprint density at radius 1 is 1.00 bits per heavy atom. The molecule has 2 aromatic carbocycles. The number of hydrogen-bond acceptors (Lipinski definition) is 4. The molecule has 0 heterocycles. The molecule has 0 bridgehead atoms. The molecule has 0 atom stereocenters. The van der Waals surface area contributed by atoms with Gasteiger partial charge in [0.05, 0.1) is 14.2 Å². The average Bonchev–Trinajstić information content (AvgIpc) is 2.47. The van der Waals surface area contributed by atoms with Crippen molar-refractivity contribution in [1.29, 1.82) is 0 Å². The van der Waals surface area contributed by atoms with Crippen LogP contribution in [0.1, 0.15) is 11.1 Å². The van der Waals surface area contributed by atoms with Crippen molar-refractivity contribution >= 4 is 0 Å². The molecule has 0 aliphatic heterocycles. The number of benzene rings is 2. The zero-order valence-corrected chi connectivity index (χ0v) is 11.7. The summed E-state index contributed by atoms with van der Waals surface area (Å²) in [6, 6.07) is 12.9. The molecule has 20 heavy (non-hydrogen) atoms. The highest BCUT2D eigenvalue weighted by Crippen LogP contribution is 2.23. The number of hydrogen-bond donors (Lipinski definition) is 2. The number of nitrogens with one attached hydrogen (secondary N) is 1. The first-order valence-electron chi connectivity index (χ1n) is 6.42. The van der Waals surface area contributed by atoms with Crippen LogP contribution in [-0.2, 0) is 13.1 Å². The molecule has 0 aliphatic rings. The highest BCUT2D eigenvalue weighted by molar-refractivity contribution is 5.40. The molecule has 0 saturated heterocycles. The van der Waals surface area contributed by atoms with Gasteiger partial charge in [0, 0.05) is 18.7 Å². The standard InChI is InChI=1S/C16H19NO3/c1-19-15-6-7-16(20-2)13(9-15)11-17-10-12-4-3-5-14(18)8-12/h3-9,17-18H,10-11H2,1-2H3. The minimum absolute atomic E-state index is 0.281. The van der Waals surface area contributed by atoms with Gasteiger partial charge in [-0.15, -0.1) is 0 Å². The summed E-state index contributed by atoms with van der Waals surface area (Å²) in [5.74, 6) is 1.91. The SMILES string of the molecule is COc1ccc(OC)c(CNCc2cccc(O)c2)c1. The van der Waals surface area contributed by atoms with E-state index in [0.717, 1.165) is 22.6 Å². The summed E-state index contributed by atoms with van der Waals surface area (Å²) >= 11 is 0. The summed E-state index contributed by atoms with van der Waals surface area (Å²) in [5, 5.41) is 12.7. The van der Waals surface area contributed by atoms with E-state index in [2.05, 4.69) is 5.32 Å². The van der Waals surface area contributed by atoms with Crippen molar-refractivity contribution in [2.45, 2.75) is 13.1 Å². The van der Waals surface area contributed by atoms with Gasteiger partial charge in [-0.1, -0.05) is 12.1 Å². The van der Waals surface area contributed by atoms with Crippen LogP contribution in [-0.4, -0.2) is 19.3 Å². The minimum Gasteiger partial charge on any atom is -0.508 e. The van der Waals surface area contributed by atoms with E-state index < -0.39 is 0 Å². The van der Waals surface area contributed by atoms with Crippen LogP contribution in [0.5, 0.6) is 17.2 Å². The molecule has 0 amide bonds. The maximum atomic E-state index is 9.42. The molecule has 2 rings (SSSR count). The molecule has 106 valence electrons. The Labute approximate surface area is 119 Å². The van der Waals surface area contributed by atoms with E-state index in [4.69, 9.17) is 9.47 Å². The van der Waals surface area contributed by atoms with Crippen molar-refractivity contribution in [2.75, 3.05) is 14.2 Å². The van der Waals surface area contributed by atoms with Gasteiger partial charge >= 0.3 is 0 Å². The summed E-state index contributed by atoms with van der Waals surface area (Å²) in [4.78, 5) is 0. The molecule has 0 aliphatic carbocycles. The molecule has 0 spiro atoms. The van der Waals surface area contributed by atoms with Gasteiger partial charge in [0.1, 0.15) is 17.2 Å². The second-order valence-electron chi connectivity index (χ2n) is 4.45. The van der Waals surface area contributed by atoms with Crippen molar-refractivity contribution < 1.29 is 14.6 Å². The van der Waals surface area contributed by atoms with Gasteiger partial charge in [-0.2, -0.15) is 0 Å². The Bertz CT molecular complexity index is 569. The third-order valence-corrected chi connectivity index (χ3v) is 3.04. The van der Waals surface area contributed by atoms with Crippen LogP contribution in [0, 0.1) is 0 Å². The first-order valence-corrected chi connectivity index (χ1v) is 6.42. The van der Waals surface area contributed by atoms with E-state index >= 15 is 0 Å². The zero-order valence-electron chi connectivity index (χ0n) is 11.7. The number of ether oxygens (including phenoxy) is 2. The molecular weight excluding hydrogens is 254 g/mol. The largest absolute Gasteiger partial charge is 0.508 e. The fraction of sp³-hybridized carbons (Fsp3) is 0.250. The number of aromatic hydroxyl groups is 1. The third kappa shape index (κ3) is 3.65. The fourth-order valence-electron chi connectivity index (χ4n) is 2.03. The van der Waals surface area contributed by atoms with Crippen molar-refractivity contribution in [3.8, 4) is 17.2 Å². The summed E-state index contributed by atoms with van der Waals surface area (Å²) in [5.41, 5.74) is 2.07. The molecule has 4 heteroatoms. The van der Waals surface area contributed by atoms with E-state index in [-0.39, 0.29) is 5.75 Å². The predicted octanol–water partition coefficient (Wildman–Crippen LogP) is 2.70.